The molecule has 0 aromatic carbocycles. The molecule has 0 saturated carbocycles. The summed E-state index contributed by atoms with van der Waals surface area (Å²) in [5.41, 5.74) is 0.599. The van der Waals surface area contributed by atoms with E-state index in [9.17, 15) is 0 Å². The summed E-state index contributed by atoms with van der Waals surface area (Å²) >= 11 is 0. The van der Waals surface area contributed by atoms with E-state index in [1.165, 1.54) is 51.4 Å². The van der Waals surface area contributed by atoms with E-state index in [1.54, 1.807) is 0 Å². The average molecular weight is 225 g/mol. The Morgan fingerprint density at radius 1 is 1.19 bits per heavy atom. The minimum absolute atomic E-state index is 0.599. The molecule has 0 aromatic heterocycles. The highest BCUT2D eigenvalue weighted by atomic mass is 14.3. The van der Waals surface area contributed by atoms with Gasteiger partial charge in [0.05, 0.1) is 0 Å². The summed E-state index contributed by atoms with van der Waals surface area (Å²) < 4.78 is 0. The van der Waals surface area contributed by atoms with Crippen LogP contribution in [-0.2, 0) is 0 Å². The van der Waals surface area contributed by atoms with Crippen LogP contribution in [-0.4, -0.2) is 0 Å². The number of rotatable bonds is 10. The largest absolute Gasteiger partial charge is 0.0654 e. The van der Waals surface area contributed by atoms with E-state index in [1.807, 2.05) is 0 Å². The molecule has 0 N–H and O–H groups in total. The second-order valence-electron chi connectivity index (χ2n) is 5.85. The van der Waals surface area contributed by atoms with Crippen LogP contribution in [0, 0.1) is 17.8 Å². The second-order valence-corrected chi connectivity index (χ2v) is 5.85. The minimum Gasteiger partial charge on any atom is -0.0654 e. The Kier molecular flexibility index (Phi) is 9.07. The van der Waals surface area contributed by atoms with Gasteiger partial charge >= 0.3 is 0 Å². The lowest BCUT2D eigenvalue weighted by Crippen LogP contribution is -2.19. The molecule has 0 aliphatic rings. The van der Waals surface area contributed by atoms with E-state index in [-0.39, 0.29) is 0 Å². The lowest BCUT2D eigenvalue weighted by molar-refractivity contribution is 0.208. The third-order valence-electron chi connectivity index (χ3n) is 3.98. The first-order chi connectivity index (χ1) is 7.58. The van der Waals surface area contributed by atoms with E-state index in [0.717, 1.165) is 5.92 Å². The first-order valence-electron chi connectivity index (χ1n) is 7.39. The fraction of sp³-hybridized carbons (Fsp3) is 0.938. The third-order valence-corrected chi connectivity index (χ3v) is 3.98. The monoisotopic (exact) mass is 225 g/mol. The van der Waals surface area contributed by atoms with E-state index in [4.69, 9.17) is 0 Å². The van der Waals surface area contributed by atoms with E-state index < -0.39 is 0 Å². The maximum atomic E-state index is 2.49. The Morgan fingerprint density at radius 2 is 1.88 bits per heavy atom. The van der Waals surface area contributed by atoms with Crippen LogP contribution < -0.4 is 0 Å². The summed E-state index contributed by atoms with van der Waals surface area (Å²) in [4.78, 5) is 0. The molecule has 0 bridgehead atoms. The molecule has 0 heteroatoms. The minimum atomic E-state index is 0.599. The van der Waals surface area contributed by atoms with Crippen LogP contribution in [0.5, 0.6) is 0 Å². The molecule has 2 atom stereocenters. The lowest BCUT2D eigenvalue weighted by atomic mass is 9.74. The summed E-state index contributed by atoms with van der Waals surface area (Å²) in [5.74, 6) is 0.893. The molecule has 0 nitrogen and oxygen atoms in total. The van der Waals surface area contributed by atoms with E-state index >= 15 is 0 Å². The van der Waals surface area contributed by atoms with Crippen molar-refractivity contribution < 1.29 is 0 Å². The first-order valence-corrected chi connectivity index (χ1v) is 7.39. The van der Waals surface area contributed by atoms with Crippen LogP contribution in [0.2, 0.25) is 0 Å². The molecule has 0 amide bonds. The summed E-state index contributed by atoms with van der Waals surface area (Å²) in [6.45, 7) is 11.8. The van der Waals surface area contributed by atoms with Crippen molar-refractivity contribution in [1.29, 1.82) is 0 Å². The molecule has 16 heavy (non-hydrogen) atoms. The molecule has 0 spiro atoms. The Balaban J connectivity index is 3.89. The summed E-state index contributed by atoms with van der Waals surface area (Å²) in [6.07, 6.45) is 13.3. The average Bonchev–Trinajstić information content (AvgIpc) is 2.27. The fourth-order valence-electron chi connectivity index (χ4n) is 2.58. The van der Waals surface area contributed by atoms with Gasteiger partial charge in [0.1, 0.15) is 0 Å². The van der Waals surface area contributed by atoms with Crippen LogP contribution in [0.15, 0.2) is 0 Å². The van der Waals surface area contributed by atoms with E-state index in [2.05, 4.69) is 41.0 Å². The standard InChI is InChI=1S/C16H33/c1-6-9-11-12-15(4)14-16(5,8-3)13-10-7-2/h9,15H,6-8,10-14H2,1-5H3. The molecule has 0 heterocycles. The topological polar surface area (TPSA) is 0 Å². The second kappa shape index (κ2) is 9.07. The van der Waals surface area contributed by atoms with Crippen molar-refractivity contribution in [2.45, 2.75) is 86.0 Å². The van der Waals surface area contributed by atoms with Crippen molar-refractivity contribution >= 4 is 0 Å². The highest BCUT2D eigenvalue weighted by molar-refractivity contribution is 4.76. The third kappa shape index (κ3) is 7.30. The number of hydrogen-bond acceptors (Lipinski definition) is 0. The summed E-state index contributed by atoms with van der Waals surface area (Å²) in [7, 11) is 0. The van der Waals surface area contributed by atoms with Crippen LogP contribution in [0.4, 0.5) is 0 Å². The molecule has 0 aliphatic carbocycles. The zero-order chi connectivity index (χ0) is 12.4. The van der Waals surface area contributed by atoms with Gasteiger partial charge < -0.3 is 0 Å². The number of hydrogen-bond donors (Lipinski definition) is 0. The zero-order valence-electron chi connectivity index (χ0n) is 12.3. The SMILES string of the molecule is CC[CH]CCC(C)CC(C)(CC)CCCC. The van der Waals surface area contributed by atoms with Gasteiger partial charge in [-0.2, -0.15) is 0 Å². The molecular weight excluding hydrogens is 192 g/mol. The fourth-order valence-corrected chi connectivity index (χ4v) is 2.58. The molecular formula is C16H33. The van der Waals surface area contributed by atoms with Crippen molar-refractivity contribution in [2.24, 2.45) is 11.3 Å². The molecule has 0 fully saturated rings. The Labute approximate surface area is 104 Å². The normalized spacial score (nSPS) is 17.1. The van der Waals surface area contributed by atoms with Crippen molar-refractivity contribution in [1.82, 2.24) is 0 Å². The van der Waals surface area contributed by atoms with Gasteiger partial charge in [-0.05, 0) is 37.0 Å². The van der Waals surface area contributed by atoms with Crippen molar-refractivity contribution in [3.05, 3.63) is 6.42 Å². The molecule has 0 aliphatic heterocycles. The van der Waals surface area contributed by atoms with Crippen molar-refractivity contribution in [3.8, 4) is 0 Å². The maximum absolute atomic E-state index is 2.49. The predicted octanol–water partition coefficient (Wildman–Crippen LogP) is 6.01. The Morgan fingerprint density at radius 3 is 2.38 bits per heavy atom. The summed E-state index contributed by atoms with van der Waals surface area (Å²) in [5, 5.41) is 0. The molecule has 0 saturated heterocycles. The summed E-state index contributed by atoms with van der Waals surface area (Å²) in [6, 6.07) is 0. The highest BCUT2D eigenvalue weighted by Crippen LogP contribution is 2.36. The lowest BCUT2D eigenvalue weighted by Gasteiger charge is -2.31. The van der Waals surface area contributed by atoms with Gasteiger partial charge in [-0.25, -0.2) is 0 Å². The van der Waals surface area contributed by atoms with Crippen LogP contribution >= 0.6 is 0 Å². The predicted molar refractivity (Wildman–Crippen MR) is 75.5 cm³/mol. The smallest absolute Gasteiger partial charge is 0.0326 e. The molecule has 0 aromatic rings. The van der Waals surface area contributed by atoms with Crippen LogP contribution in [0.25, 0.3) is 0 Å². The maximum Gasteiger partial charge on any atom is -0.0326 e. The van der Waals surface area contributed by atoms with Crippen molar-refractivity contribution in [2.75, 3.05) is 0 Å². The molecule has 0 rings (SSSR count). The highest BCUT2D eigenvalue weighted by Gasteiger charge is 2.23. The van der Waals surface area contributed by atoms with Gasteiger partial charge in [0.15, 0.2) is 0 Å². The molecule has 1 radical (unpaired) electrons. The van der Waals surface area contributed by atoms with Crippen LogP contribution in [0.3, 0.4) is 0 Å². The zero-order valence-corrected chi connectivity index (χ0v) is 12.3. The van der Waals surface area contributed by atoms with Gasteiger partial charge in [0.2, 0.25) is 0 Å². The molecule has 2 unspecified atom stereocenters. The quantitative estimate of drug-likeness (QED) is 0.399. The van der Waals surface area contributed by atoms with Gasteiger partial charge in [-0.1, -0.05) is 66.7 Å². The van der Waals surface area contributed by atoms with Crippen LogP contribution in [0.1, 0.15) is 86.0 Å². The van der Waals surface area contributed by atoms with Gasteiger partial charge in [0, 0.05) is 0 Å². The van der Waals surface area contributed by atoms with E-state index in [0.29, 0.717) is 5.41 Å². The first kappa shape index (κ1) is 16.0. The van der Waals surface area contributed by atoms with Gasteiger partial charge in [-0.3, -0.25) is 0 Å². The van der Waals surface area contributed by atoms with Gasteiger partial charge in [0.25, 0.3) is 0 Å². The molecule has 97 valence electrons. The van der Waals surface area contributed by atoms with Crippen molar-refractivity contribution in [3.63, 3.8) is 0 Å². The Hall–Kier alpha value is 0. The Bertz CT molecular complexity index is 150. The van der Waals surface area contributed by atoms with Gasteiger partial charge in [-0.15, -0.1) is 0 Å². The number of unbranched alkanes of at least 4 members (excludes halogenated alkanes) is 3.